The molecule has 0 saturated heterocycles. The molecule has 2 amide bonds. The van der Waals surface area contributed by atoms with Gasteiger partial charge in [0.05, 0.1) is 10.4 Å². The quantitative estimate of drug-likeness (QED) is 0.497. The van der Waals surface area contributed by atoms with Crippen molar-refractivity contribution in [1.82, 2.24) is 0 Å². The highest BCUT2D eigenvalue weighted by atomic mass is 32.1. The zero-order chi connectivity index (χ0) is 21.1. The number of nitrogens with one attached hydrogen (secondary N) is 1. The van der Waals surface area contributed by atoms with Crippen LogP contribution in [0.25, 0.3) is 0 Å². The van der Waals surface area contributed by atoms with Gasteiger partial charge in [0.1, 0.15) is 5.75 Å². The number of hydrogen-bond donors (Lipinski definition) is 1. The average molecular weight is 420 g/mol. The Balaban J connectivity index is 1.60. The van der Waals surface area contributed by atoms with E-state index >= 15 is 0 Å². The molecule has 0 aliphatic carbocycles. The molecular formula is C23H20N2O4S. The molecule has 0 unspecified atom stereocenters. The van der Waals surface area contributed by atoms with Gasteiger partial charge < -0.3 is 15.0 Å². The second kappa shape index (κ2) is 8.51. The average Bonchev–Trinajstić information content (AvgIpc) is 3.27. The molecule has 4 rings (SSSR count). The molecule has 1 N–H and O–H groups in total. The zero-order valence-corrected chi connectivity index (χ0v) is 17.2. The molecule has 0 spiro atoms. The first-order valence-corrected chi connectivity index (χ1v) is 10.5. The van der Waals surface area contributed by atoms with E-state index < -0.39 is 11.9 Å². The minimum Gasteiger partial charge on any atom is -0.426 e. The summed E-state index contributed by atoms with van der Waals surface area (Å²) in [7, 11) is 0. The fourth-order valence-corrected chi connectivity index (χ4v) is 4.16. The number of ether oxygens (including phenoxy) is 1. The van der Waals surface area contributed by atoms with E-state index in [1.54, 1.807) is 29.2 Å². The van der Waals surface area contributed by atoms with Gasteiger partial charge in [0.25, 0.3) is 11.8 Å². The number of thiophene rings is 1. The number of nitrogens with zero attached hydrogens (tertiary/aromatic N) is 1. The molecule has 7 heteroatoms. The smallest absolute Gasteiger partial charge is 0.308 e. The Hall–Kier alpha value is -3.45. The Morgan fingerprint density at radius 1 is 1.07 bits per heavy atom. The normalized spacial score (nSPS) is 12.8. The van der Waals surface area contributed by atoms with Crippen LogP contribution in [-0.2, 0) is 11.2 Å². The summed E-state index contributed by atoms with van der Waals surface area (Å²) in [6.45, 7) is 1.92. The van der Waals surface area contributed by atoms with Crippen molar-refractivity contribution in [2.45, 2.75) is 19.8 Å². The molecule has 1 aliphatic rings. The summed E-state index contributed by atoms with van der Waals surface area (Å²) < 4.78 is 5.13. The Kier molecular flexibility index (Phi) is 5.63. The largest absolute Gasteiger partial charge is 0.426 e. The number of para-hydroxylation sites is 1. The van der Waals surface area contributed by atoms with Crippen LogP contribution in [0.4, 0.5) is 11.4 Å². The van der Waals surface area contributed by atoms with Crippen LogP contribution < -0.4 is 15.0 Å². The van der Waals surface area contributed by atoms with Gasteiger partial charge in [-0.25, -0.2) is 0 Å². The summed E-state index contributed by atoms with van der Waals surface area (Å²) in [4.78, 5) is 39.5. The van der Waals surface area contributed by atoms with Gasteiger partial charge in [-0.3, -0.25) is 14.4 Å². The highest BCUT2D eigenvalue weighted by Crippen LogP contribution is 2.32. The first-order valence-electron chi connectivity index (χ1n) is 9.60. The van der Waals surface area contributed by atoms with Crippen LogP contribution in [-0.4, -0.2) is 24.3 Å². The molecule has 30 heavy (non-hydrogen) atoms. The number of carbonyl (C=O) groups is 3. The molecular weight excluding hydrogens is 400 g/mol. The van der Waals surface area contributed by atoms with E-state index in [1.807, 2.05) is 35.7 Å². The number of rotatable bonds is 4. The first-order chi connectivity index (χ1) is 14.5. The lowest BCUT2D eigenvalue weighted by molar-refractivity contribution is -0.131. The van der Waals surface area contributed by atoms with Crippen molar-refractivity contribution in [3.8, 4) is 5.75 Å². The van der Waals surface area contributed by atoms with Crippen LogP contribution in [0.2, 0.25) is 0 Å². The van der Waals surface area contributed by atoms with Gasteiger partial charge in [0, 0.05) is 24.8 Å². The van der Waals surface area contributed by atoms with Crippen molar-refractivity contribution >= 4 is 40.5 Å². The van der Waals surface area contributed by atoms with Crippen LogP contribution in [0.5, 0.6) is 5.75 Å². The molecule has 1 aliphatic heterocycles. The van der Waals surface area contributed by atoms with Crippen molar-refractivity contribution in [3.05, 3.63) is 76.0 Å². The van der Waals surface area contributed by atoms with E-state index in [9.17, 15) is 14.4 Å². The van der Waals surface area contributed by atoms with Crippen LogP contribution in [0, 0.1) is 0 Å². The number of fused-ring (bicyclic) bond motifs is 1. The molecule has 2 aromatic carbocycles. The van der Waals surface area contributed by atoms with Gasteiger partial charge in [-0.1, -0.05) is 24.3 Å². The first kappa shape index (κ1) is 19.8. The fourth-order valence-electron chi connectivity index (χ4n) is 3.49. The topological polar surface area (TPSA) is 75.7 Å². The second-order valence-electron chi connectivity index (χ2n) is 6.93. The number of amides is 2. The summed E-state index contributed by atoms with van der Waals surface area (Å²) in [5.41, 5.74) is 2.72. The minimum absolute atomic E-state index is 0.0327. The van der Waals surface area contributed by atoms with E-state index in [2.05, 4.69) is 5.32 Å². The van der Waals surface area contributed by atoms with Gasteiger partial charge in [0.15, 0.2) is 0 Å². The second-order valence-corrected chi connectivity index (χ2v) is 7.87. The predicted octanol–water partition coefficient (Wildman–Crippen LogP) is 4.52. The van der Waals surface area contributed by atoms with Crippen LogP contribution >= 0.6 is 11.3 Å². The third kappa shape index (κ3) is 4.11. The van der Waals surface area contributed by atoms with Crippen molar-refractivity contribution in [3.63, 3.8) is 0 Å². The number of aryl methyl sites for hydroxylation is 1. The number of anilines is 2. The lowest BCUT2D eigenvalue weighted by Crippen LogP contribution is -2.35. The highest BCUT2D eigenvalue weighted by molar-refractivity contribution is 7.12. The van der Waals surface area contributed by atoms with E-state index in [0.717, 1.165) is 24.1 Å². The molecule has 0 saturated carbocycles. The summed E-state index contributed by atoms with van der Waals surface area (Å²) in [5, 5.41) is 4.73. The van der Waals surface area contributed by atoms with Crippen molar-refractivity contribution in [1.29, 1.82) is 0 Å². The Labute approximate surface area is 178 Å². The number of carbonyl (C=O) groups excluding carboxylic acids is 3. The van der Waals surface area contributed by atoms with E-state index in [-0.39, 0.29) is 17.2 Å². The summed E-state index contributed by atoms with van der Waals surface area (Å²) in [6, 6.07) is 15.8. The molecule has 0 atom stereocenters. The molecule has 0 bridgehead atoms. The molecule has 2 heterocycles. The highest BCUT2D eigenvalue weighted by Gasteiger charge is 2.25. The van der Waals surface area contributed by atoms with E-state index in [1.165, 1.54) is 18.3 Å². The molecule has 0 radical (unpaired) electrons. The lowest BCUT2D eigenvalue weighted by Gasteiger charge is -2.29. The maximum absolute atomic E-state index is 12.9. The Morgan fingerprint density at radius 3 is 2.67 bits per heavy atom. The number of hydrogen-bond acceptors (Lipinski definition) is 5. The monoisotopic (exact) mass is 420 g/mol. The van der Waals surface area contributed by atoms with E-state index in [0.29, 0.717) is 17.1 Å². The Morgan fingerprint density at radius 2 is 1.90 bits per heavy atom. The van der Waals surface area contributed by atoms with Gasteiger partial charge in [-0.15, -0.1) is 11.3 Å². The fraction of sp³-hybridized carbons (Fsp3) is 0.174. The van der Waals surface area contributed by atoms with Crippen LogP contribution in [0.3, 0.4) is 0 Å². The molecule has 152 valence electrons. The van der Waals surface area contributed by atoms with Gasteiger partial charge in [-0.2, -0.15) is 0 Å². The Bertz CT molecular complexity index is 1110. The number of benzene rings is 2. The standard InChI is InChI=1S/C23H20N2O4S/c1-15(26)29-20-8-3-2-7-18(20)22(27)24-17-11-10-16-6-4-12-25(19(16)14-17)23(28)21-9-5-13-30-21/h2-3,5,7-11,13-14H,4,6,12H2,1H3,(H,24,27). The third-order valence-corrected chi connectivity index (χ3v) is 5.68. The molecule has 3 aromatic rings. The minimum atomic E-state index is -0.494. The SMILES string of the molecule is CC(=O)Oc1ccccc1C(=O)Nc1ccc2c(c1)N(C(=O)c1cccs1)CCC2. The lowest BCUT2D eigenvalue weighted by atomic mass is 10.0. The van der Waals surface area contributed by atoms with Crippen molar-refractivity contribution in [2.24, 2.45) is 0 Å². The molecule has 0 fully saturated rings. The van der Waals surface area contributed by atoms with Gasteiger partial charge in [0.2, 0.25) is 0 Å². The zero-order valence-electron chi connectivity index (χ0n) is 16.4. The molecule has 1 aromatic heterocycles. The van der Waals surface area contributed by atoms with Crippen LogP contribution in [0.15, 0.2) is 60.0 Å². The summed E-state index contributed by atoms with van der Waals surface area (Å²) >= 11 is 1.42. The predicted molar refractivity (Wildman–Crippen MR) is 116 cm³/mol. The van der Waals surface area contributed by atoms with Crippen LogP contribution in [0.1, 0.15) is 38.9 Å². The van der Waals surface area contributed by atoms with Crippen molar-refractivity contribution < 1.29 is 19.1 Å². The van der Waals surface area contributed by atoms with E-state index in [4.69, 9.17) is 4.74 Å². The number of esters is 1. The third-order valence-electron chi connectivity index (χ3n) is 4.82. The maximum atomic E-state index is 12.9. The summed E-state index contributed by atoms with van der Waals surface area (Å²) in [6.07, 6.45) is 1.78. The van der Waals surface area contributed by atoms with Crippen molar-refractivity contribution in [2.75, 3.05) is 16.8 Å². The van der Waals surface area contributed by atoms with Gasteiger partial charge in [-0.05, 0) is 54.1 Å². The van der Waals surface area contributed by atoms with Gasteiger partial charge >= 0.3 is 5.97 Å². The molecule has 6 nitrogen and oxygen atoms in total. The maximum Gasteiger partial charge on any atom is 0.308 e. The summed E-state index contributed by atoms with van der Waals surface area (Å²) in [5.74, 6) is -0.713.